The lowest BCUT2D eigenvalue weighted by atomic mass is 9.60. The predicted molar refractivity (Wildman–Crippen MR) is 71.7 cm³/mol. The molecule has 1 unspecified atom stereocenters. The van der Waals surface area contributed by atoms with Crippen molar-refractivity contribution in [2.24, 2.45) is 5.41 Å². The molecule has 1 saturated carbocycles. The second-order valence-electron chi connectivity index (χ2n) is 5.70. The van der Waals surface area contributed by atoms with E-state index in [0.29, 0.717) is 12.2 Å². The molecule has 2 heteroatoms. The van der Waals surface area contributed by atoms with E-state index in [-0.39, 0.29) is 11.3 Å². The first-order valence-corrected chi connectivity index (χ1v) is 6.59. The molecule has 0 saturated heterocycles. The summed E-state index contributed by atoms with van der Waals surface area (Å²) in [5.74, 6) is 1.62. The van der Waals surface area contributed by atoms with Crippen molar-refractivity contribution < 1.29 is 9.21 Å². The van der Waals surface area contributed by atoms with E-state index in [0.717, 1.165) is 17.8 Å². The SMILES string of the molecule is CCc1c(C2CC(=O)C2(C)C)oc2ccccc12. The number of carbonyl (C=O) groups is 1. The number of Topliss-reactive ketones (excluding diaryl/α,β-unsaturated/α-hetero) is 1. The number of carbonyl (C=O) groups excluding carboxylic acids is 1. The Hall–Kier alpha value is -1.57. The van der Waals surface area contributed by atoms with E-state index < -0.39 is 0 Å². The van der Waals surface area contributed by atoms with Crippen LogP contribution in [0.3, 0.4) is 0 Å². The zero-order chi connectivity index (χ0) is 12.9. The third-order valence-electron chi connectivity index (χ3n) is 4.38. The van der Waals surface area contributed by atoms with Crippen molar-refractivity contribution in [3.05, 3.63) is 35.6 Å². The van der Waals surface area contributed by atoms with Crippen molar-refractivity contribution in [1.29, 1.82) is 0 Å². The maximum atomic E-state index is 11.7. The van der Waals surface area contributed by atoms with Crippen LogP contribution < -0.4 is 0 Å². The molecule has 1 aliphatic rings. The summed E-state index contributed by atoms with van der Waals surface area (Å²) >= 11 is 0. The molecule has 1 aromatic carbocycles. The molecule has 0 radical (unpaired) electrons. The fraction of sp³-hybridized carbons (Fsp3) is 0.438. The highest BCUT2D eigenvalue weighted by atomic mass is 16.3. The minimum absolute atomic E-state index is 0.243. The average Bonchev–Trinajstić information content (AvgIpc) is 2.73. The van der Waals surface area contributed by atoms with E-state index in [1.165, 1.54) is 10.9 Å². The summed E-state index contributed by atoms with van der Waals surface area (Å²) < 4.78 is 6.03. The van der Waals surface area contributed by atoms with Gasteiger partial charge in [0.1, 0.15) is 17.1 Å². The van der Waals surface area contributed by atoms with Crippen molar-refractivity contribution in [3.8, 4) is 0 Å². The number of para-hydroxylation sites is 1. The first-order valence-electron chi connectivity index (χ1n) is 6.59. The first kappa shape index (κ1) is 11.5. The summed E-state index contributed by atoms with van der Waals surface area (Å²) in [7, 11) is 0. The summed E-state index contributed by atoms with van der Waals surface area (Å²) in [6, 6.07) is 8.14. The molecule has 0 bridgehead atoms. The van der Waals surface area contributed by atoms with Gasteiger partial charge in [-0.15, -0.1) is 0 Å². The van der Waals surface area contributed by atoms with Gasteiger partial charge in [-0.25, -0.2) is 0 Å². The molecule has 0 aliphatic heterocycles. The van der Waals surface area contributed by atoms with E-state index in [2.05, 4.69) is 13.0 Å². The molecule has 0 spiro atoms. The van der Waals surface area contributed by atoms with Gasteiger partial charge >= 0.3 is 0 Å². The van der Waals surface area contributed by atoms with Gasteiger partial charge in [0.05, 0.1) is 0 Å². The first-order chi connectivity index (χ1) is 8.55. The lowest BCUT2D eigenvalue weighted by molar-refractivity contribution is -0.138. The summed E-state index contributed by atoms with van der Waals surface area (Å²) in [6.45, 7) is 6.19. The molecule has 94 valence electrons. The summed E-state index contributed by atoms with van der Waals surface area (Å²) in [5.41, 5.74) is 1.95. The van der Waals surface area contributed by atoms with Crippen molar-refractivity contribution >= 4 is 16.8 Å². The lowest BCUT2D eigenvalue weighted by Gasteiger charge is -2.41. The number of hydrogen-bond acceptors (Lipinski definition) is 2. The number of furan rings is 1. The molecular formula is C16H18O2. The fourth-order valence-corrected chi connectivity index (χ4v) is 2.95. The molecule has 2 nitrogen and oxygen atoms in total. The van der Waals surface area contributed by atoms with Crippen molar-refractivity contribution in [3.63, 3.8) is 0 Å². The summed E-state index contributed by atoms with van der Waals surface area (Å²) in [5, 5.41) is 1.20. The Kier molecular flexibility index (Phi) is 2.37. The zero-order valence-corrected chi connectivity index (χ0v) is 11.1. The smallest absolute Gasteiger partial charge is 0.139 e. The van der Waals surface area contributed by atoms with Crippen LogP contribution in [0.4, 0.5) is 0 Å². The third kappa shape index (κ3) is 1.38. The Labute approximate surface area is 107 Å². The normalized spacial score (nSPS) is 22.2. The van der Waals surface area contributed by atoms with Gasteiger partial charge in [0.25, 0.3) is 0 Å². The quantitative estimate of drug-likeness (QED) is 0.794. The molecule has 3 rings (SSSR count). The molecular weight excluding hydrogens is 224 g/mol. The maximum Gasteiger partial charge on any atom is 0.139 e. The van der Waals surface area contributed by atoms with Gasteiger partial charge in [-0.2, -0.15) is 0 Å². The number of ketones is 1. The molecule has 1 aliphatic carbocycles. The highest BCUT2D eigenvalue weighted by Crippen LogP contribution is 2.51. The Morgan fingerprint density at radius 3 is 2.67 bits per heavy atom. The Morgan fingerprint density at radius 1 is 1.33 bits per heavy atom. The topological polar surface area (TPSA) is 30.2 Å². The standard InChI is InChI=1S/C16H18O2/c1-4-10-11-7-5-6-8-13(11)18-15(10)12-9-14(17)16(12,2)3/h5-8,12H,4,9H2,1-3H3. The number of fused-ring (bicyclic) bond motifs is 1. The van der Waals surface area contributed by atoms with Crippen LogP contribution in [0.5, 0.6) is 0 Å². The van der Waals surface area contributed by atoms with Crippen LogP contribution in [0.25, 0.3) is 11.0 Å². The Morgan fingerprint density at radius 2 is 2.06 bits per heavy atom. The fourth-order valence-electron chi connectivity index (χ4n) is 2.95. The molecule has 0 N–H and O–H groups in total. The monoisotopic (exact) mass is 242 g/mol. The zero-order valence-electron chi connectivity index (χ0n) is 11.1. The summed E-state index contributed by atoms with van der Waals surface area (Å²) in [6.07, 6.45) is 1.58. The molecule has 2 aromatic rings. The second-order valence-corrected chi connectivity index (χ2v) is 5.70. The molecule has 1 heterocycles. The molecule has 1 fully saturated rings. The van der Waals surface area contributed by atoms with E-state index in [9.17, 15) is 4.79 Å². The second kappa shape index (κ2) is 3.71. The van der Waals surface area contributed by atoms with E-state index >= 15 is 0 Å². The molecule has 1 atom stereocenters. The van der Waals surface area contributed by atoms with Gasteiger partial charge in [-0.05, 0) is 12.5 Å². The van der Waals surface area contributed by atoms with Crippen LogP contribution in [-0.4, -0.2) is 5.78 Å². The van der Waals surface area contributed by atoms with Gasteiger partial charge in [0.15, 0.2) is 0 Å². The molecule has 0 amide bonds. The van der Waals surface area contributed by atoms with Crippen molar-refractivity contribution in [2.45, 2.75) is 39.5 Å². The largest absolute Gasteiger partial charge is 0.460 e. The predicted octanol–water partition coefficient (Wildman–Crippen LogP) is 4.08. The van der Waals surface area contributed by atoms with E-state index in [4.69, 9.17) is 4.42 Å². The Bertz CT molecular complexity index is 619. The van der Waals surface area contributed by atoms with Crippen LogP contribution >= 0.6 is 0 Å². The third-order valence-corrected chi connectivity index (χ3v) is 4.38. The average molecular weight is 242 g/mol. The van der Waals surface area contributed by atoms with Gasteiger partial charge in [-0.1, -0.05) is 39.0 Å². The van der Waals surface area contributed by atoms with Gasteiger partial charge in [-0.3, -0.25) is 4.79 Å². The Balaban J connectivity index is 2.15. The van der Waals surface area contributed by atoms with Crippen LogP contribution in [-0.2, 0) is 11.2 Å². The maximum absolute atomic E-state index is 11.7. The minimum Gasteiger partial charge on any atom is -0.460 e. The van der Waals surface area contributed by atoms with Gasteiger partial charge in [0.2, 0.25) is 0 Å². The lowest BCUT2D eigenvalue weighted by Crippen LogP contribution is -2.43. The number of benzene rings is 1. The van der Waals surface area contributed by atoms with Crippen molar-refractivity contribution in [2.75, 3.05) is 0 Å². The van der Waals surface area contributed by atoms with Crippen LogP contribution in [0.2, 0.25) is 0 Å². The highest BCUT2D eigenvalue weighted by Gasteiger charge is 2.50. The minimum atomic E-state index is -0.266. The number of rotatable bonds is 2. The van der Waals surface area contributed by atoms with E-state index in [1.807, 2.05) is 32.0 Å². The van der Waals surface area contributed by atoms with E-state index in [1.54, 1.807) is 0 Å². The number of aryl methyl sites for hydroxylation is 1. The van der Waals surface area contributed by atoms with Gasteiger partial charge in [0, 0.05) is 28.7 Å². The van der Waals surface area contributed by atoms with Crippen LogP contribution in [0.1, 0.15) is 44.4 Å². The van der Waals surface area contributed by atoms with Crippen molar-refractivity contribution in [1.82, 2.24) is 0 Å². The summed E-state index contributed by atoms with van der Waals surface area (Å²) in [4.78, 5) is 11.7. The van der Waals surface area contributed by atoms with Crippen LogP contribution in [0.15, 0.2) is 28.7 Å². The highest BCUT2D eigenvalue weighted by molar-refractivity contribution is 5.93. The molecule has 1 aromatic heterocycles. The molecule has 18 heavy (non-hydrogen) atoms. The van der Waals surface area contributed by atoms with Gasteiger partial charge < -0.3 is 4.42 Å². The number of hydrogen-bond donors (Lipinski definition) is 0. The van der Waals surface area contributed by atoms with Crippen LogP contribution in [0, 0.1) is 5.41 Å².